The van der Waals surface area contributed by atoms with Gasteiger partial charge in [-0.2, -0.15) is 0 Å². The molecular weight excluding hydrogens is 188 g/mol. The summed E-state index contributed by atoms with van der Waals surface area (Å²) in [6, 6.07) is 0. The molecule has 2 amide bonds. The lowest BCUT2D eigenvalue weighted by molar-refractivity contribution is -0.134. The molecule has 0 atom stereocenters. The molecule has 0 aliphatic carbocycles. The van der Waals surface area contributed by atoms with Crippen LogP contribution in [0.4, 0.5) is 0 Å². The number of hydrogen-bond acceptors (Lipinski definition) is 2. The van der Waals surface area contributed by atoms with Gasteiger partial charge in [-0.1, -0.05) is 19.2 Å². The molecule has 15 heavy (non-hydrogen) atoms. The van der Waals surface area contributed by atoms with E-state index in [1.807, 2.05) is 0 Å². The molecule has 0 bridgehead atoms. The van der Waals surface area contributed by atoms with E-state index < -0.39 is 0 Å². The summed E-state index contributed by atoms with van der Waals surface area (Å²) >= 11 is 0. The molecule has 0 unspecified atom stereocenters. The highest BCUT2D eigenvalue weighted by molar-refractivity contribution is 6.53. The first-order chi connectivity index (χ1) is 7.04. The Bertz CT molecular complexity index is 397. The summed E-state index contributed by atoms with van der Waals surface area (Å²) in [6.45, 7) is 7.08. The van der Waals surface area contributed by atoms with Gasteiger partial charge in [-0.15, -0.1) is 0 Å². The van der Waals surface area contributed by atoms with Gasteiger partial charge in [0.05, 0.1) is 5.70 Å². The van der Waals surface area contributed by atoms with Crippen LogP contribution < -0.4 is 0 Å². The molecule has 74 valence electrons. The third kappa shape index (κ3) is 1.73. The SMILES string of the molecule is BC1=C(B)C(=O)N(/C(C=C)=C/C=C)C1=O. The van der Waals surface area contributed by atoms with Gasteiger partial charge in [0, 0.05) is 0 Å². The fourth-order valence-corrected chi connectivity index (χ4v) is 1.34. The van der Waals surface area contributed by atoms with Gasteiger partial charge in [-0.05, 0) is 23.1 Å². The van der Waals surface area contributed by atoms with Crippen LogP contribution in [0.2, 0.25) is 0 Å². The normalized spacial score (nSPS) is 17.3. The van der Waals surface area contributed by atoms with E-state index in [0.717, 1.165) is 4.90 Å². The number of hydrogen-bond donors (Lipinski definition) is 0. The van der Waals surface area contributed by atoms with Crippen molar-refractivity contribution >= 4 is 27.5 Å². The van der Waals surface area contributed by atoms with Gasteiger partial charge in [0.1, 0.15) is 15.7 Å². The lowest BCUT2D eigenvalue weighted by atomic mass is 9.82. The van der Waals surface area contributed by atoms with E-state index in [9.17, 15) is 9.59 Å². The molecule has 1 rings (SSSR count). The van der Waals surface area contributed by atoms with Gasteiger partial charge < -0.3 is 0 Å². The van der Waals surface area contributed by atoms with E-state index in [4.69, 9.17) is 0 Å². The van der Waals surface area contributed by atoms with E-state index >= 15 is 0 Å². The number of nitrogens with zero attached hydrogens (tertiary/aromatic N) is 1. The summed E-state index contributed by atoms with van der Waals surface area (Å²) in [4.78, 5) is 24.6. The first kappa shape index (κ1) is 11.3. The smallest absolute Gasteiger partial charge is 0.251 e. The number of amides is 2. The van der Waals surface area contributed by atoms with Crippen LogP contribution in [0.3, 0.4) is 0 Å². The molecule has 0 N–H and O–H groups in total. The maximum absolute atomic E-state index is 11.7. The zero-order valence-corrected chi connectivity index (χ0v) is 8.91. The summed E-state index contributed by atoms with van der Waals surface area (Å²) < 4.78 is 0. The Hall–Kier alpha value is -1.77. The Kier molecular flexibility index (Phi) is 3.14. The van der Waals surface area contributed by atoms with Crippen LogP contribution in [0, 0.1) is 0 Å². The molecule has 0 spiro atoms. The third-order valence-electron chi connectivity index (χ3n) is 2.37. The maximum atomic E-state index is 11.7. The number of allylic oxidation sites excluding steroid dienone is 3. The van der Waals surface area contributed by atoms with Crippen LogP contribution in [0.1, 0.15) is 0 Å². The van der Waals surface area contributed by atoms with E-state index in [2.05, 4.69) is 13.2 Å². The fourth-order valence-electron chi connectivity index (χ4n) is 1.34. The summed E-state index contributed by atoms with van der Waals surface area (Å²) in [5.41, 5.74) is 1.42. The molecule has 0 radical (unpaired) electrons. The standard InChI is InChI=1S/C10H11B2NO2/c1-3-5-6(4-2)13-9(14)7(11)8(12)10(13)15/h3-5H,1-2,11-12H2/b6-5+. The van der Waals surface area contributed by atoms with Crippen molar-refractivity contribution in [1.29, 1.82) is 0 Å². The molecular formula is C10H11B2NO2. The highest BCUT2D eigenvalue weighted by Crippen LogP contribution is 2.21. The van der Waals surface area contributed by atoms with E-state index in [1.165, 1.54) is 12.2 Å². The average molecular weight is 199 g/mol. The number of carbonyl (C=O) groups is 2. The minimum Gasteiger partial charge on any atom is -0.270 e. The summed E-state index contributed by atoms with van der Waals surface area (Å²) in [7, 11) is 3.29. The minimum atomic E-state index is -0.287. The summed E-state index contributed by atoms with van der Waals surface area (Å²) in [5.74, 6) is -0.573. The van der Waals surface area contributed by atoms with Crippen molar-refractivity contribution in [3.05, 3.63) is 48.0 Å². The largest absolute Gasteiger partial charge is 0.270 e. The lowest BCUT2D eigenvalue weighted by Gasteiger charge is -2.15. The quantitative estimate of drug-likeness (QED) is 0.335. The van der Waals surface area contributed by atoms with Crippen molar-refractivity contribution in [2.75, 3.05) is 0 Å². The Balaban J connectivity index is 3.17. The molecule has 0 aromatic carbocycles. The maximum Gasteiger partial charge on any atom is 0.251 e. The van der Waals surface area contributed by atoms with E-state index in [-0.39, 0.29) is 11.8 Å². The molecule has 0 aromatic heterocycles. The van der Waals surface area contributed by atoms with Crippen LogP contribution in [-0.2, 0) is 9.59 Å². The fraction of sp³-hybridized carbons (Fsp3) is 0. The zero-order chi connectivity index (χ0) is 11.6. The van der Waals surface area contributed by atoms with Crippen LogP contribution in [0.25, 0.3) is 0 Å². The predicted octanol–water partition coefficient (Wildman–Crippen LogP) is -0.911. The van der Waals surface area contributed by atoms with Crippen molar-refractivity contribution in [3.8, 4) is 0 Å². The average Bonchev–Trinajstić information content (AvgIpc) is 2.41. The molecule has 1 heterocycles. The molecule has 5 heteroatoms. The van der Waals surface area contributed by atoms with Crippen molar-refractivity contribution in [2.24, 2.45) is 0 Å². The molecule has 1 aliphatic heterocycles. The molecule has 0 aromatic rings. The van der Waals surface area contributed by atoms with Crippen LogP contribution in [-0.4, -0.2) is 32.4 Å². The first-order valence-corrected chi connectivity index (χ1v) is 4.56. The Morgan fingerprint density at radius 3 is 1.93 bits per heavy atom. The monoisotopic (exact) mass is 199 g/mol. The number of rotatable bonds is 3. The van der Waals surface area contributed by atoms with Crippen molar-refractivity contribution in [3.63, 3.8) is 0 Å². The van der Waals surface area contributed by atoms with Gasteiger partial charge in [0.2, 0.25) is 0 Å². The van der Waals surface area contributed by atoms with Gasteiger partial charge >= 0.3 is 0 Å². The van der Waals surface area contributed by atoms with Crippen molar-refractivity contribution in [1.82, 2.24) is 4.90 Å². The second-order valence-corrected chi connectivity index (χ2v) is 3.23. The number of imide groups is 1. The van der Waals surface area contributed by atoms with Gasteiger partial charge in [-0.25, -0.2) is 4.90 Å². The lowest BCUT2D eigenvalue weighted by Crippen LogP contribution is -2.30. The van der Waals surface area contributed by atoms with Crippen LogP contribution >= 0.6 is 0 Å². The first-order valence-electron chi connectivity index (χ1n) is 4.56. The molecule has 0 saturated heterocycles. The zero-order valence-electron chi connectivity index (χ0n) is 8.91. The van der Waals surface area contributed by atoms with E-state index in [1.54, 1.807) is 21.8 Å². The predicted molar refractivity (Wildman–Crippen MR) is 64.4 cm³/mol. The second-order valence-electron chi connectivity index (χ2n) is 3.23. The second kappa shape index (κ2) is 4.17. The van der Waals surface area contributed by atoms with E-state index in [0.29, 0.717) is 16.6 Å². The van der Waals surface area contributed by atoms with Crippen LogP contribution in [0.15, 0.2) is 48.0 Å². The Labute approximate surface area is 90.6 Å². The molecule has 3 nitrogen and oxygen atoms in total. The summed E-state index contributed by atoms with van der Waals surface area (Å²) in [5, 5.41) is 0. The topological polar surface area (TPSA) is 37.4 Å². The third-order valence-corrected chi connectivity index (χ3v) is 2.37. The molecule has 0 fully saturated rings. The van der Waals surface area contributed by atoms with Crippen molar-refractivity contribution in [2.45, 2.75) is 0 Å². The number of carbonyl (C=O) groups excluding carboxylic acids is 2. The van der Waals surface area contributed by atoms with Gasteiger partial charge in [0.25, 0.3) is 11.8 Å². The van der Waals surface area contributed by atoms with Crippen LogP contribution in [0.5, 0.6) is 0 Å². The highest BCUT2D eigenvalue weighted by atomic mass is 16.2. The highest BCUT2D eigenvalue weighted by Gasteiger charge is 2.33. The van der Waals surface area contributed by atoms with Gasteiger partial charge in [0.15, 0.2) is 0 Å². The van der Waals surface area contributed by atoms with Gasteiger partial charge in [-0.3, -0.25) is 9.59 Å². The molecule has 1 aliphatic rings. The van der Waals surface area contributed by atoms with Crippen molar-refractivity contribution < 1.29 is 9.59 Å². The Morgan fingerprint density at radius 2 is 1.60 bits per heavy atom. The Morgan fingerprint density at radius 1 is 1.13 bits per heavy atom. The molecule has 0 saturated carbocycles. The summed E-state index contributed by atoms with van der Waals surface area (Å²) in [6.07, 6.45) is 4.55. The minimum absolute atomic E-state index is 0.287.